The van der Waals surface area contributed by atoms with Crippen LogP contribution in [0.1, 0.15) is 0 Å². The molecule has 1 rings (SSSR count). The fraction of sp³-hybridized carbons (Fsp3) is 0.286. The van der Waals surface area contributed by atoms with Crippen LogP contribution in [0.15, 0.2) is 30.0 Å². The number of nitrogens with one attached hydrogen (secondary N) is 2. The predicted molar refractivity (Wildman–Crippen MR) is 84.7 cm³/mol. The van der Waals surface area contributed by atoms with E-state index in [0.29, 0.717) is 22.9 Å². The summed E-state index contributed by atoms with van der Waals surface area (Å²) in [6, 6.07) is 6.59. The number of carbonyl (C=O) groups excluding carboxylic acids is 1. The summed E-state index contributed by atoms with van der Waals surface area (Å²) in [6.07, 6.45) is 1.40. The van der Waals surface area contributed by atoms with Gasteiger partial charge in [0, 0.05) is 25.0 Å². The molecule has 0 atom stereocenters. The molecule has 1 aromatic rings. The van der Waals surface area contributed by atoms with E-state index in [1.807, 2.05) is 25.1 Å². The van der Waals surface area contributed by atoms with Crippen molar-refractivity contribution >= 4 is 28.9 Å². The Morgan fingerprint density at radius 3 is 2.81 bits per heavy atom. The predicted octanol–water partition coefficient (Wildman–Crippen LogP) is 1.42. The fourth-order valence-electron chi connectivity index (χ4n) is 1.41. The van der Waals surface area contributed by atoms with Crippen molar-refractivity contribution in [3.63, 3.8) is 0 Å². The maximum absolute atomic E-state index is 11.9. The maximum atomic E-state index is 11.9. The van der Waals surface area contributed by atoms with Crippen molar-refractivity contribution in [3.05, 3.63) is 35.0 Å². The van der Waals surface area contributed by atoms with Crippen molar-refractivity contribution in [2.75, 3.05) is 38.2 Å². The van der Waals surface area contributed by atoms with Crippen LogP contribution in [0.4, 0.5) is 11.4 Å². The third-order valence-electron chi connectivity index (χ3n) is 2.57. The van der Waals surface area contributed by atoms with Crippen molar-refractivity contribution in [1.29, 1.82) is 5.26 Å². The number of nitrogens with two attached hydrogens (primary N) is 1. The summed E-state index contributed by atoms with van der Waals surface area (Å²) in [4.78, 5) is 13.9. The molecule has 21 heavy (non-hydrogen) atoms. The number of hydrogen-bond donors (Lipinski definition) is 3. The van der Waals surface area contributed by atoms with Crippen LogP contribution in [-0.4, -0.2) is 38.0 Å². The Bertz CT molecular complexity index is 577. The first-order valence-corrected chi connectivity index (χ1v) is 6.66. The topological polar surface area (TPSA) is 94.2 Å². The van der Waals surface area contributed by atoms with E-state index in [4.69, 9.17) is 22.6 Å². The first-order valence-electron chi connectivity index (χ1n) is 6.28. The van der Waals surface area contributed by atoms with Crippen molar-refractivity contribution in [2.24, 2.45) is 0 Å². The Labute approximate surface area is 129 Å². The molecule has 0 bridgehead atoms. The number of anilines is 2. The van der Waals surface area contributed by atoms with E-state index in [9.17, 15) is 4.79 Å². The Balaban J connectivity index is 2.64. The first kappa shape index (κ1) is 16.8. The van der Waals surface area contributed by atoms with Crippen molar-refractivity contribution in [2.45, 2.75) is 0 Å². The van der Waals surface area contributed by atoms with Crippen molar-refractivity contribution < 1.29 is 4.79 Å². The van der Waals surface area contributed by atoms with Crippen LogP contribution < -0.4 is 16.4 Å². The molecular formula is C14H18ClN5O. The van der Waals surface area contributed by atoms with E-state index in [2.05, 4.69) is 10.6 Å². The minimum absolute atomic E-state index is 0.0123. The second-order valence-corrected chi connectivity index (χ2v) is 5.02. The summed E-state index contributed by atoms with van der Waals surface area (Å²) in [5.41, 5.74) is 6.48. The highest BCUT2D eigenvalue weighted by atomic mass is 35.5. The van der Waals surface area contributed by atoms with Crippen LogP contribution in [0.5, 0.6) is 0 Å². The lowest BCUT2D eigenvalue weighted by atomic mass is 10.2. The summed E-state index contributed by atoms with van der Waals surface area (Å²) < 4.78 is 0. The Kier molecular flexibility index (Phi) is 6.53. The summed E-state index contributed by atoms with van der Waals surface area (Å²) in [7, 11) is 3.88. The molecule has 0 aliphatic rings. The molecule has 112 valence electrons. The fourth-order valence-corrected chi connectivity index (χ4v) is 1.59. The molecule has 0 radical (unpaired) electrons. The van der Waals surface area contributed by atoms with E-state index < -0.39 is 5.91 Å². The average molecular weight is 308 g/mol. The molecule has 0 aliphatic heterocycles. The summed E-state index contributed by atoms with van der Waals surface area (Å²) >= 11 is 5.87. The van der Waals surface area contributed by atoms with E-state index >= 15 is 0 Å². The molecule has 0 saturated heterocycles. The molecule has 4 N–H and O–H groups in total. The molecule has 0 saturated carbocycles. The Morgan fingerprint density at radius 1 is 1.52 bits per heavy atom. The lowest BCUT2D eigenvalue weighted by molar-refractivity contribution is -0.112. The standard InChI is InChI=1S/C14H18ClN5O/c1-20(2)6-5-18-9-10(8-16)14(21)19-11-3-4-13(17)12(15)7-11/h3-4,7,9,18H,5-6,17H2,1-2H3,(H,19,21)/b10-9-. The number of amides is 1. The van der Waals surface area contributed by atoms with Gasteiger partial charge >= 0.3 is 0 Å². The molecule has 0 unspecified atom stereocenters. The van der Waals surface area contributed by atoms with Gasteiger partial charge in [0.2, 0.25) is 0 Å². The van der Waals surface area contributed by atoms with Gasteiger partial charge in [-0.05, 0) is 32.3 Å². The molecule has 0 fully saturated rings. The third kappa shape index (κ3) is 5.73. The minimum Gasteiger partial charge on any atom is -0.398 e. The lowest BCUT2D eigenvalue weighted by Gasteiger charge is -2.09. The summed E-state index contributed by atoms with van der Waals surface area (Å²) in [5, 5.41) is 14.9. The highest BCUT2D eigenvalue weighted by Gasteiger charge is 2.09. The van der Waals surface area contributed by atoms with Crippen LogP contribution in [0.3, 0.4) is 0 Å². The van der Waals surface area contributed by atoms with Gasteiger partial charge in [0.15, 0.2) is 0 Å². The maximum Gasteiger partial charge on any atom is 0.267 e. The quantitative estimate of drug-likeness (QED) is 0.320. The second-order valence-electron chi connectivity index (χ2n) is 4.62. The van der Waals surface area contributed by atoms with Gasteiger partial charge in [-0.1, -0.05) is 11.6 Å². The number of benzene rings is 1. The molecule has 1 aromatic carbocycles. The zero-order chi connectivity index (χ0) is 15.8. The Morgan fingerprint density at radius 2 is 2.24 bits per heavy atom. The van der Waals surface area contributed by atoms with Gasteiger partial charge in [-0.3, -0.25) is 4.79 Å². The number of carbonyl (C=O) groups is 1. The van der Waals surface area contributed by atoms with Crippen molar-refractivity contribution in [3.8, 4) is 6.07 Å². The van der Waals surface area contributed by atoms with Crippen LogP contribution in [0.25, 0.3) is 0 Å². The van der Waals surface area contributed by atoms with Crippen molar-refractivity contribution in [1.82, 2.24) is 10.2 Å². The zero-order valence-corrected chi connectivity index (χ0v) is 12.7. The van der Waals surface area contributed by atoms with Crippen LogP contribution >= 0.6 is 11.6 Å². The monoisotopic (exact) mass is 307 g/mol. The average Bonchev–Trinajstić information content (AvgIpc) is 2.42. The molecule has 0 heterocycles. The normalized spacial score (nSPS) is 11.1. The van der Waals surface area contributed by atoms with Gasteiger partial charge in [0.25, 0.3) is 5.91 Å². The number of nitrogen functional groups attached to an aromatic ring is 1. The van der Waals surface area contributed by atoms with Gasteiger partial charge in [-0.15, -0.1) is 0 Å². The smallest absolute Gasteiger partial charge is 0.267 e. The Hall–Kier alpha value is -2.23. The van der Waals surface area contributed by atoms with Gasteiger partial charge in [-0.2, -0.15) is 5.26 Å². The van der Waals surface area contributed by atoms with E-state index in [1.165, 1.54) is 12.3 Å². The number of nitriles is 1. The van der Waals surface area contributed by atoms with Gasteiger partial charge in [-0.25, -0.2) is 0 Å². The molecule has 0 spiro atoms. The summed E-state index contributed by atoms with van der Waals surface area (Å²) in [6.45, 7) is 1.43. The number of halogens is 1. The summed E-state index contributed by atoms with van der Waals surface area (Å²) in [5.74, 6) is -0.504. The molecule has 6 nitrogen and oxygen atoms in total. The highest BCUT2D eigenvalue weighted by Crippen LogP contribution is 2.22. The first-order chi connectivity index (χ1) is 9.93. The molecule has 7 heteroatoms. The number of hydrogen-bond acceptors (Lipinski definition) is 5. The third-order valence-corrected chi connectivity index (χ3v) is 2.90. The minimum atomic E-state index is -0.504. The molecule has 0 aliphatic carbocycles. The zero-order valence-electron chi connectivity index (χ0n) is 12.0. The highest BCUT2D eigenvalue weighted by molar-refractivity contribution is 6.33. The molecular weight excluding hydrogens is 290 g/mol. The number of likely N-dealkylation sites (N-methyl/N-ethyl adjacent to an activating group) is 1. The second kappa shape index (κ2) is 8.15. The van der Waals surface area contributed by atoms with E-state index in [1.54, 1.807) is 12.1 Å². The number of nitrogens with zero attached hydrogens (tertiary/aromatic N) is 2. The van der Waals surface area contributed by atoms with Crippen LogP contribution in [0, 0.1) is 11.3 Å². The van der Waals surface area contributed by atoms with E-state index in [-0.39, 0.29) is 5.57 Å². The van der Waals surface area contributed by atoms with Crippen LogP contribution in [0.2, 0.25) is 5.02 Å². The SMILES string of the molecule is CN(C)CCN/C=C(/C#N)C(=O)Nc1ccc(N)c(Cl)c1. The van der Waals surface area contributed by atoms with Crippen LogP contribution in [-0.2, 0) is 4.79 Å². The molecule has 1 amide bonds. The van der Waals surface area contributed by atoms with Gasteiger partial charge in [0.1, 0.15) is 11.6 Å². The number of rotatable bonds is 6. The van der Waals surface area contributed by atoms with Gasteiger partial charge < -0.3 is 21.3 Å². The molecule has 0 aromatic heterocycles. The van der Waals surface area contributed by atoms with Gasteiger partial charge in [0.05, 0.1) is 10.7 Å². The largest absolute Gasteiger partial charge is 0.398 e. The van der Waals surface area contributed by atoms with E-state index in [0.717, 1.165) is 6.54 Å². The lowest BCUT2D eigenvalue weighted by Crippen LogP contribution is -2.24.